The highest BCUT2D eigenvalue weighted by molar-refractivity contribution is 7.17. The van der Waals surface area contributed by atoms with E-state index in [1.54, 1.807) is 17.4 Å². The second-order valence-corrected chi connectivity index (χ2v) is 6.92. The Morgan fingerprint density at radius 2 is 2.09 bits per heavy atom. The third-order valence-corrected chi connectivity index (χ3v) is 5.04. The van der Waals surface area contributed by atoms with Gasteiger partial charge in [-0.15, -0.1) is 11.3 Å². The number of aromatic hydroxyl groups is 2. The molecule has 23 heavy (non-hydrogen) atoms. The van der Waals surface area contributed by atoms with Gasteiger partial charge in [0.2, 0.25) is 0 Å². The fourth-order valence-electron chi connectivity index (χ4n) is 3.00. The number of hydrogen-bond donors (Lipinski definition) is 2. The molecular formula is C17H14N2O3S. The first kappa shape index (κ1) is 14.0. The lowest BCUT2D eigenvalue weighted by molar-refractivity contribution is 0.104. The summed E-state index contributed by atoms with van der Waals surface area (Å²) in [5, 5.41) is 19.6. The van der Waals surface area contributed by atoms with Gasteiger partial charge >= 0.3 is 0 Å². The highest BCUT2D eigenvalue weighted by Gasteiger charge is 2.29. The van der Waals surface area contributed by atoms with E-state index < -0.39 is 0 Å². The maximum atomic E-state index is 12.6. The molecule has 0 atom stereocenters. The number of aryl methyl sites for hydroxylation is 2. The van der Waals surface area contributed by atoms with Crippen LogP contribution in [0.2, 0.25) is 0 Å². The lowest BCUT2D eigenvalue weighted by atomic mass is 10.1. The van der Waals surface area contributed by atoms with Crippen molar-refractivity contribution in [3.8, 4) is 11.5 Å². The normalized spacial score (nSPS) is 15.7. The molecular weight excluding hydrogens is 312 g/mol. The molecule has 0 amide bonds. The van der Waals surface area contributed by atoms with Crippen LogP contribution in [0.4, 0.5) is 0 Å². The van der Waals surface area contributed by atoms with Gasteiger partial charge in [-0.2, -0.15) is 0 Å². The summed E-state index contributed by atoms with van der Waals surface area (Å²) in [6.45, 7) is 3.93. The number of thiazole rings is 1. The quantitative estimate of drug-likeness (QED) is 0.532. The number of allylic oxidation sites excluding steroid dienone is 1. The first-order valence-electron chi connectivity index (χ1n) is 7.20. The molecule has 1 aliphatic carbocycles. The van der Waals surface area contributed by atoms with Crippen molar-refractivity contribution >= 4 is 28.2 Å². The Bertz CT molecular complexity index is 1010. The maximum absolute atomic E-state index is 12.6. The van der Waals surface area contributed by atoms with E-state index in [2.05, 4.69) is 4.98 Å². The van der Waals surface area contributed by atoms with E-state index in [1.807, 2.05) is 30.5 Å². The molecule has 2 N–H and O–H groups in total. The summed E-state index contributed by atoms with van der Waals surface area (Å²) in [4.78, 5) is 19.1. The van der Waals surface area contributed by atoms with E-state index >= 15 is 0 Å². The summed E-state index contributed by atoms with van der Waals surface area (Å²) in [6, 6.07) is 2.90. The van der Waals surface area contributed by atoms with Crippen molar-refractivity contribution in [2.45, 2.75) is 20.3 Å². The SMILES string of the molecule is Cc1cn2c(/C=C3/Cc4c(ccc(O)c4O)C3=O)c(C)nc2s1. The van der Waals surface area contributed by atoms with Crippen LogP contribution in [0, 0.1) is 13.8 Å². The summed E-state index contributed by atoms with van der Waals surface area (Å²) in [5.74, 6) is -0.522. The van der Waals surface area contributed by atoms with Crippen LogP contribution in [-0.4, -0.2) is 25.4 Å². The average molecular weight is 326 g/mol. The lowest BCUT2D eigenvalue weighted by Gasteiger charge is -2.01. The number of imidazole rings is 1. The number of fused-ring (bicyclic) bond motifs is 2. The number of phenols is 2. The predicted molar refractivity (Wildman–Crippen MR) is 88.3 cm³/mol. The van der Waals surface area contributed by atoms with Crippen LogP contribution in [0.25, 0.3) is 11.0 Å². The molecule has 3 aromatic rings. The van der Waals surface area contributed by atoms with Crippen molar-refractivity contribution in [3.05, 3.63) is 51.3 Å². The minimum absolute atomic E-state index is 0.114. The number of Topliss-reactive ketones (excluding diaryl/α,β-unsaturated/α-hetero) is 1. The smallest absolute Gasteiger partial charge is 0.194 e. The Labute approximate surface area is 136 Å². The Morgan fingerprint density at radius 1 is 1.30 bits per heavy atom. The van der Waals surface area contributed by atoms with Gasteiger partial charge in [-0.25, -0.2) is 4.98 Å². The molecule has 2 aromatic heterocycles. The molecule has 0 unspecified atom stereocenters. The zero-order valence-corrected chi connectivity index (χ0v) is 13.4. The number of rotatable bonds is 1. The van der Waals surface area contributed by atoms with Gasteiger partial charge in [0, 0.05) is 34.2 Å². The molecule has 0 radical (unpaired) electrons. The topological polar surface area (TPSA) is 74.8 Å². The summed E-state index contributed by atoms with van der Waals surface area (Å²) in [5.41, 5.74) is 3.27. The Hall–Kier alpha value is -2.60. The number of aromatic nitrogens is 2. The van der Waals surface area contributed by atoms with E-state index in [9.17, 15) is 15.0 Å². The Kier molecular flexibility index (Phi) is 2.86. The summed E-state index contributed by atoms with van der Waals surface area (Å²) < 4.78 is 1.98. The van der Waals surface area contributed by atoms with E-state index in [0.29, 0.717) is 23.1 Å². The first-order chi connectivity index (χ1) is 11.0. The molecule has 0 bridgehead atoms. The van der Waals surface area contributed by atoms with Crippen LogP contribution in [0.15, 0.2) is 23.9 Å². The van der Waals surface area contributed by atoms with E-state index in [0.717, 1.165) is 21.2 Å². The Balaban J connectivity index is 1.85. The monoisotopic (exact) mass is 326 g/mol. The third kappa shape index (κ3) is 1.98. The summed E-state index contributed by atoms with van der Waals surface area (Å²) in [6.07, 6.45) is 4.15. The third-order valence-electron chi connectivity index (χ3n) is 4.14. The predicted octanol–water partition coefficient (Wildman–Crippen LogP) is 3.25. The van der Waals surface area contributed by atoms with E-state index in [4.69, 9.17) is 0 Å². The number of nitrogens with zero attached hydrogens (tertiary/aromatic N) is 2. The average Bonchev–Trinajstić information content (AvgIpc) is 3.09. The number of ketones is 1. The van der Waals surface area contributed by atoms with Gasteiger partial charge in [0.1, 0.15) is 0 Å². The number of carbonyl (C=O) groups is 1. The van der Waals surface area contributed by atoms with Crippen LogP contribution in [0.1, 0.15) is 32.2 Å². The van der Waals surface area contributed by atoms with Crippen molar-refractivity contribution in [2.75, 3.05) is 0 Å². The molecule has 1 aliphatic rings. The van der Waals surface area contributed by atoms with Crippen LogP contribution in [0.3, 0.4) is 0 Å². The number of phenolic OH excluding ortho intramolecular Hbond substituents is 2. The molecule has 1 aromatic carbocycles. The number of hydrogen-bond acceptors (Lipinski definition) is 5. The summed E-state index contributed by atoms with van der Waals surface area (Å²) >= 11 is 1.60. The van der Waals surface area contributed by atoms with Crippen molar-refractivity contribution in [3.63, 3.8) is 0 Å². The second kappa shape index (κ2) is 4.70. The zero-order chi connectivity index (χ0) is 16.3. The zero-order valence-electron chi connectivity index (χ0n) is 12.6. The van der Waals surface area contributed by atoms with E-state index in [1.165, 1.54) is 6.07 Å². The fourth-order valence-corrected chi connectivity index (χ4v) is 3.87. The highest BCUT2D eigenvalue weighted by Crippen LogP contribution is 2.39. The van der Waals surface area contributed by atoms with Crippen molar-refractivity contribution < 1.29 is 15.0 Å². The molecule has 116 valence electrons. The molecule has 6 heteroatoms. The van der Waals surface area contributed by atoms with Gasteiger partial charge < -0.3 is 10.2 Å². The van der Waals surface area contributed by atoms with Crippen molar-refractivity contribution in [2.24, 2.45) is 0 Å². The minimum Gasteiger partial charge on any atom is -0.504 e. The van der Waals surface area contributed by atoms with Gasteiger partial charge in [0.15, 0.2) is 22.2 Å². The fraction of sp³-hybridized carbons (Fsp3) is 0.176. The highest BCUT2D eigenvalue weighted by atomic mass is 32.1. The van der Waals surface area contributed by atoms with Gasteiger partial charge in [0.25, 0.3) is 0 Å². The second-order valence-electron chi connectivity index (χ2n) is 5.71. The first-order valence-corrected chi connectivity index (χ1v) is 8.01. The molecule has 0 saturated carbocycles. The lowest BCUT2D eigenvalue weighted by Crippen LogP contribution is -1.96. The molecule has 0 spiro atoms. The van der Waals surface area contributed by atoms with Gasteiger partial charge in [-0.3, -0.25) is 9.20 Å². The van der Waals surface area contributed by atoms with E-state index in [-0.39, 0.29) is 17.3 Å². The Morgan fingerprint density at radius 3 is 2.87 bits per heavy atom. The van der Waals surface area contributed by atoms with Gasteiger partial charge in [0.05, 0.1) is 11.4 Å². The minimum atomic E-state index is -0.208. The van der Waals surface area contributed by atoms with Gasteiger partial charge in [-0.05, 0) is 32.1 Å². The molecule has 0 aliphatic heterocycles. The standard InChI is InChI=1S/C17H14N2O3S/c1-8-7-19-13(9(2)18-17(19)23-8)6-10-5-12-11(15(10)21)3-4-14(20)16(12)22/h3-4,6-7,20,22H,5H2,1-2H3/b10-6-. The van der Waals surface area contributed by atoms with Crippen LogP contribution in [-0.2, 0) is 6.42 Å². The van der Waals surface area contributed by atoms with Gasteiger partial charge in [-0.1, -0.05) is 0 Å². The molecule has 0 fully saturated rings. The molecule has 0 saturated heterocycles. The van der Waals surface area contributed by atoms with Crippen LogP contribution in [0.5, 0.6) is 11.5 Å². The maximum Gasteiger partial charge on any atom is 0.194 e. The number of benzene rings is 1. The number of carbonyl (C=O) groups excluding carboxylic acids is 1. The largest absolute Gasteiger partial charge is 0.504 e. The van der Waals surface area contributed by atoms with Crippen molar-refractivity contribution in [1.29, 1.82) is 0 Å². The summed E-state index contributed by atoms with van der Waals surface area (Å²) in [7, 11) is 0. The van der Waals surface area contributed by atoms with Crippen LogP contribution >= 0.6 is 11.3 Å². The van der Waals surface area contributed by atoms with Crippen LogP contribution < -0.4 is 0 Å². The molecule has 2 heterocycles. The molecule has 5 nitrogen and oxygen atoms in total. The van der Waals surface area contributed by atoms with Crippen molar-refractivity contribution in [1.82, 2.24) is 9.38 Å². The molecule has 4 rings (SSSR count).